The largest absolute Gasteiger partial charge is 0.416 e. The highest BCUT2D eigenvalue weighted by atomic mass is 32.2. The highest BCUT2D eigenvalue weighted by molar-refractivity contribution is 7.90. The summed E-state index contributed by atoms with van der Waals surface area (Å²) in [4.78, 5) is 0. The van der Waals surface area contributed by atoms with Crippen molar-refractivity contribution in [3.05, 3.63) is 35.4 Å². The zero-order chi connectivity index (χ0) is 16.0. The molecule has 1 aromatic rings. The van der Waals surface area contributed by atoms with Crippen molar-refractivity contribution in [3.8, 4) is 0 Å². The summed E-state index contributed by atoms with van der Waals surface area (Å²) in [6.45, 7) is 0.805. The predicted molar refractivity (Wildman–Crippen MR) is 76.9 cm³/mol. The minimum Gasteiger partial charge on any atom is -0.212 e. The third kappa shape index (κ3) is 3.15. The molecule has 22 heavy (non-hydrogen) atoms. The van der Waals surface area contributed by atoms with E-state index in [4.69, 9.17) is 0 Å². The molecule has 1 saturated heterocycles. The van der Waals surface area contributed by atoms with E-state index in [-0.39, 0.29) is 11.2 Å². The van der Waals surface area contributed by atoms with Crippen LogP contribution in [0.5, 0.6) is 0 Å². The maximum atomic E-state index is 12.8. The van der Waals surface area contributed by atoms with Gasteiger partial charge in [0.25, 0.3) is 0 Å². The van der Waals surface area contributed by atoms with E-state index >= 15 is 0 Å². The van der Waals surface area contributed by atoms with Crippen molar-refractivity contribution in [1.82, 2.24) is 4.31 Å². The topological polar surface area (TPSA) is 37.4 Å². The van der Waals surface area contributed by atoms with Gasteiger partial charge in [-0.05, 0) is 43.2 Å². The first-order chi connectivity index (χ1) is 10.3. The molecule has 1 aliphatic carbocycles. The lowest BCUT2D eigenvalue weighted by atomic mass is 9.89. The molecule has 0 radical (unpaired) electrons. The lowest BCUT2D eigenvalue weighted by Gasteiger charge is -2.31. The van der Waals surface area contributed by atoms with E-state index in [1.807, 2.05) is 0 Å². The number of halogens is 3. The van der Waals surface area contributed by atoms with E-state index in [9.17, 15) is 21.6 Å². The third-order valence-electron chi connectivity index (χ3n) is 4.44. The Morgan fingerprint density at radius 2 is 1.68 bits per heavy atom. The summed E-state index contributed by atoms with van der Waals surface area (Å²) in [5, 5.41) is -0.224. The van der Waals surface area contributed by atoms with Crippen LogP contribution in [0.3, 0.4) is 0 Å². The molecule has 0 unspecified atom stereocenters. The van der Waals surface area contributed by atoms with E-state index in [1.165, 1.54) is 16.4 Å². The second kappa shape index (κ2) is 5.53. The Morgan fingerprint density at radius 1 is 1.05 bits per heavy atom. The molecule has 1 saturated carbocycles. The number of alkyl halides is 3. The van der Waals surface area contributed by atoms with E-state index in [0.717, 1.165) is 18.9 Å². The van der Waals surface area contributed by atoms with E-state index in [1.54, 1.807) is 6.07 Å². The summed E-state index contributed by atoms with van der Waals surface area (Å²) in [7, 11) is -3.17. The number of hydrogen-bond donors (Lipinski definition) is 0. The molecule has 0 spiro atoms. The van der Waals surface area contributed by atoms with Crippen LogP contribution in [-0.2, 0) is 16.2 Å². The SMILES string of the molecule is O=S(=O)(C1CC1)N1CCC(c2cccc(C(F)(F)F)c2)CC1. The van der Waals surface area contributed by atoms with Crippen LogP contribution in [0.25, 0.3) is 0 Å². The molecule has 2 aliphatic rings. The molecule has 0 amide bonds. The van der Waals surface area contributed by atoms with Gasteiger partial charge in [0.2, 0.25) is 10.0 Å². The van der Waals surface area contributed by atoms with Gasteiger partial charge in [0, 0.05) is 13.1 Å². The van der Waals surface area contributed by atoms with Gasteiger partial charge in [-0.15, -0.1) is 0 Å². The number of rotatable bonds is 3. The molecule has 0 N–H and O–H groups in total. The molecule has 1 aromatic carbocycles. The van der Waals surface area contributed by atoms with Gasteiger partial charge >= 0.3 is 6.18 Å². The van der Waals surface area contributed by atoms with Crippen molar-refractivity contribution in [3.63, 3.8) is 0 Å². The normalized spacial score (nSPS) is 22.0. The van der Waals surface area contributed by atoms with Gasteiger partial charge in [-0.25, -0.2) is 12.7 Å². The van der Waals surface area contributed by atoms with Crippen LogP contribution in [0.15, 0.2) is 24.3 Å². The number of piperidine rings is 1. The highest BCUT2D eigenvalue weighted by Gasteiger charge is 2.41. The molecule has 0 atom stereocenters. The van der Waals surface area contributed by atoms with Crippen LogP contribution >= 0.6 is 0 Å². The highest BCUT2D eigenvalue weighted by Crippen LogP contribution is 2.37. The first-order valence-corrected chi connectivity index (χ1v) is 8.95. The number of hydrogen-bond acceptors (Lipinski definition) is 2. The lowest BCUT2D eigenvalue weighted by molar-refractivity contribution is -0.137. The standard InChI is InChI=1S/C15H18F3NO2S/c16-15(17,18)13-3-1-2-12(10-13)11-6-8-19(9-7-11)22(20,21)14-4-5-14/h1-3,10-11,14H,4-9H2. The van der Waals surface area contributed by atoms with Crippen LogP contribution in [0.1, 0.15) is 42.7 Å². The summed E-state index contributed by atoms with van der Waals surface area (Å²) >= 11 is 0. The Labute approximate surface area is 128 Å². The van der Waals surface area contributed by atoms with E-state index in [0.29, 0.717) is 31.5 Å². The number of nitrogens with zero attached hydrogens (tertiary/aromatic N) is 1. The Kier molecular flexibility index (Phi) is 3.97. The summed E-state index contributed by atoms with van der Waals surface area (Å²) in [6, 6.07) is 5.38. The fourth-order valence-electron chi connectivity index (χ4n) is 2.99. The van der Waals surface area contributed by atoms with Gasteiger partial charge in [-0.3, -0.25) is 0 Å². The molecule has 3 nitrogen and oxygen atoms in total. The van der Waals surface area contributed by atoms with Gasteiger partial charge in [0.1, 0.15) is 0 Å². The number of sulfonamides is 1. The van der Waals surface area contributed by atoms with Crippen LogP contribution in [0.2, 0.25) is 0 Å². The molecule has 0 aromatic heterocycles. The summed E-state index contributed by atoms with van der Waals surface area (Å²) < 4.78 is 64.1. The molecule has 2 fully saturated rings. The minimum absolute atomic E-state index is 0.00652. The quantitative estimate of drug-likeness (QED) is 0.850. The van der Waals surface area contributed by atoms with Crippen molar-refractivity contribution < 1.29 is 21.6 Å². The minimum atomic E-state index is -4.34. The molecule has 1 heterocycles. The van der Waals surface area contributed by atoms with Crippen LogP contribution in [-0.4, -0.2) is 31.1 Å². The summed E-state index contributed by atoms with van der Waals surface area (Å²) in [6.07, 6.45) is -1.72. The molecule has 1 aliphatic heterocycles. The maximum absolute atomic E-state index is 12.8. The monoisotopic (exact) mass is 333 g/mol. The van der Waals surface area contributed by atoms with Gasteiger partial charge < -0.3 is 0 Å². The Morgan fingerprint density at radius 3 is 2.23 bits per heavy atom. The van der Waals surface area contributed by atoms with E-state index in [2.05, 4.69) is 0 Å². The van der Waals surface area contributed by atoms with Crippen LogP contribution in [0.4, 0.5) is 13.2 Å². The summed E-state index contributed by atoms with van der Waals surface area (Å²) in [5.74, 6) is -0.00652. The average Bonchev–Trinajstić information content (AvgIpc) is 3.32. The predicted octanol–water partition coefficient (Wildman–Crippen LogP) is 3.38. The fourth-order valence-corrected chi connectivity index (χ4v) is 4.86. The second-order valence-corrected chi connectivity index (χ2v) is 8.25. The Bertz CT molecular complexity index is 645. The van der Waals surface area contributed by atoms with Gasteiger partial charge in [-0.1, -0.05) is 18.2 Å². The van der Waals surface area contributed by atoms with Crippen molar-refractivity contribution >= 4 is 10.0 Å². The van der Waals surface area contributed by atoms with Gasteiger partial charge in [-0.2, -0.15) is 13.2 Å². The fraction of sp³-hybridized carbons (Fsp3) is 0.600. The van der Waals surface area contributed by atoms with Crippen LogP contribution < -0.4 is 0 Å². The average molecular weight is 333 g/mol. The molecular weight excluding hydrogens is 315 g/mol. The number of benzene rings is 1. The van der Waals surface area contributed by atoms with Crippen molar-refractivity contribution in [1.29, 1.82) is 0 Å². The molecule has 122 valence electrons. The smallest absolute Gasteiger partial charge is 0.212 e. The van der Waals surface area contributed by atoms with Crippen molar-refractivity contribution in [2.45, 2.75) is 43.0 Å². The third-order valence-corrected chi connectivity index (χ3v) is 6.84. The zero-order valence-electron chi connectivity index (χ0n) is 12.0. The van der Waals surface area contributed by atoms with Gasteiger partial charge in [0.05, 0.1) is 10.8 Å². The van der Waals surface area contributed by atoms with Crippen LogP contribution in [0, 0.1) is 0 Å². The molecule has 3 rings (SSSR count). The lowest BCUT2D eigenvalue weighted by Crippen LogP contribution is -2.39. The molecular formula is C15H18F3NO2S. The first kappa shape index (κ1) is 15.8. The summed E-state index contributed by atoms with van der Waals surface area (Å²) in [5.41, 5.74) is 0.0105. The van der Waals surface area contributed by atoms with Crippen molar-refractivity contribution in [2.24, 2.45) is 0 Å². The molecule has 0 bridgehead atoms. The first-order valence-electron chi connectivity index (χ1n) is 7.44. The van der Waals surface area contributed by atoms with Crippen molar-refractivity contribution in [2.75, 3.05) is 13.1 Å². The Balaban J connectivity index is 1.69. The second-order valence-electron chi connectivity index (χ2n) is 6.04. The maximum Gasteiger partial charge on any atom is 0.416 e. The Hall–Kier alpha value is -1.08. The van der Waals surface area contributed by atoms with E-state index < -0.39 is 21.8 Å². The van der Waals surface area contributed by atoms with Gasteiger partial charge in [0.15, 0.2) is 0 Å². The zero-order valence-corrected chi connectivity index (χ0v) is 12.8. The molecule has 7 heteroatoms.